The molecule has 5 heteroatoms. The largest absolute Gasteiger partial charge is 0.306 e. The van der Waals surface area contributed by atoms with Crippen LogP contribution in [-0.2, 0) is 4.79 Å². The summed E-state index contributed by atoms with van der Waals surface area (Å²) in [5.74, 6) is 0.0199. The molecule has 1 unspecified atom stereocenters. The van der Waals surface area contributed by atoms with Gasteiger partial charge in [-0.1, -0.05) is 41.7 Å². The van der Waals surface area contributed by atoms with Crippen LogP contribution in [-0.4, -0.2) is 23.5 Å². The SMILES string of the molecule is O=C(Nc1ncc(-c2ccccc2)s1)C1CCCN1. The van der Waals surface area contributed by atoms with Crippen LogP contribution in [0.3, 0.4) is 0 Å². The number of carbonyl (C=O) groups is 1. The highest BCUT2D eigenvalue weighted by Crippen LogP contribution is 2.28. The highest BCUT2D eigenvalue weighted by molar-refractivity contribution is 7.19. The minimum atomic E-state index is -0.0657. The molecule has 4 nitrogen and oxygen atoms in total. The maximum absolute atomic E-state index is 12.0. The van der Waals surface area contributed by atoms with Crippen LogP contribution in [0, 0.1) is 0 Å². The number of carbonyl (C=O) groups excluding carboxylic acids is 1. The maximum atomic E-state index is 12.0. The minimum Gasteiger partial charge on any atom is -0.306 e. The predicted octanol–water partition coefficient (Wildman–Crippen LogP) is 2.50. The van der Waals surface area contributed by atoms with Crippen LogP contribution in [0.25, 0.3) is 10.4 Å². The van der Waals surface area contributed by atoms with Gasteiger partial charge >= 0.3 is 0 Å². The fourth-order valence-electron chi connectivity index (χ4n) is 2.17. The van der Waals surface area contributed by atoms with Gasteiger partial charge in [0.05, 0.1) is 10.9 Å². The summed E-state index contributed by atoms with van der Waals surface area (Å²) in [4.78, 5) is 17.3. The lowest BCUT2D eigenvalue weighted by Gasteiger charge is -2.08. The van der Waals surface area contributed by atoms with Crippen LogP contribution in [0.2, 0.25) is 0 Å². The van der Waals surface area contributed by atoms with Gasteiger partial charge in [-0.25, -0.2) is 4.98 Å². The molecule has 2 heterocycles. The van der Waals surface area contributed by atoms with Crippen molar-refractivity contribution in [1.29, 1.82) is 0 Å². The third-order valence-corrected chi connectivity index (χ3v) is 4.13. The summed E-state index contributed by atoms with van der Waals surface area (Å²) in [7, 11) is 0. The monoisotopic (exact) mass is 273 g/mol. The lowest BCUT2D eigenvalue weighted by Crippen LogP contribution is -2.35. The zero-order chi connectivity index (χ0) is 13.1. The molecule has 2 N–H and O–H groups in total. The Labute approximate surface area is 115 Å². The summed E-state index contributed by atoms with van der Waals surface area (Å²) >= 11 is 1.50. The lowest BCUT2D eigenvalue weighted by molar-refractivity contribution is -0.117. The van der Waals surface area contributed by atoms with Crippen molar-refractivity contribution in [2.45, 2.75) is 18.9 Å². The summed E-state index contributed by atoms with van der Waals surface area (Å²) in [6.07, 6.45) is 3.77. The molecule has 0 aliphatic carbocycles. The van der Waals surface area contributed by atoms with Gasteiger partial charge in [-0.15, -0.1) is 0 Å². The number of benzene rings is 1. The Hall–Kier alpha value is -1.72. The minimum absolute atomic E-state index is 0.0199. The highest BCUT2D eigenvalue weighted by atomic mass is 32.1. The summed E-state index contributed by atoms with van der Waals surface area (Å²) in [5.41, 5.74) is 1.12. The van der Waals surface area contributed by atoms with Crippen molar-refractivity contribution in [2.75, 3.05) is 11.9 Å². The molecule has 1 aliphatic heterocycles. The second kappa shape index (κ2) is 5.50. The average Bonchev–Trinajstić information content (AvgIpc) is 3.11. The molecule has 1 saturated heterocycles. The Balaban J connectivity index is 1.70. The zero-order valence-corrected chi connectivity index (χ0v) is 11.2. The summed E-state index contributed by atoms with van der Waals surface area (Å²) < 4.78 is 0. The first-order chi connectivity index (χ1) is 9.33. The van der Waals surface area contributed by atoms with E-state index in [1.165, 1.54) is 11.3 Å². The van der Waals surface area contributed by atoms with E-state index in [0.29, 0.717) is 5.13 Å². The van der Waals surface area contributed by atoms with Crippen molar-refractivity contribution in [3.8, 4) is 10.4 Å². The van der Waals surface area contributed by atoms with Crippen molar-refractivity contribution in [1.82, 2.24) is 10.3 Å². The van der Waals surface area contributed by atoms with Gasteiger partial charge in [0.15, 0.2) is 5.13 Å². The molecule has 19 heavy (non-hydrogen) atoms. The van der Waals surface area contributed by atoms with Crippen molar-refractivity contribution >= 4 is 22.4 Å². The number of nitrogens with zero attached hydrogens (tertiary/aromatic N) is 1. The van der Waals surface area contributed by atoms with Crippen molar-refractivity contribution in [3.05, 3.63) is 36.5 Å². The molecule has 1 atom stereocenters. The summed E-state index contributed by atoms with van der Waals surface area (Å²) in [6.45, 7) is 0.922. The van der Waals surface area contributed by atoms with Gasteiger partial charge in [0.1, 0.15) is 0 Å². The number of anilines is 1. The molecular weight excluding hydrogens is 258 g/mol. The number of amides is 1. The van der Waals surface area contributed by atoms with Crippen LogP contribution in [0.1, 0.15) is 12.8 Å². The first-order valence-corrected chi connectivity index (χ1v) is 7.20. The molecule has 1 fully saturated rings. The average molecular weight is 273 g/mol. The molecule has 0 bridgehead atoms. The lowest BCUT2D eigenvalue weighted by atomic mass is 10.2. The number of rotatable bonds is 3. The highest BCUT2D eigenvalue weighted by Gasteiger charge is 2.22. The van der Waals surface area contributed by atoms with E-state index in [9.17, 15) is 4.79 Å². The van der Waals surface area contributed by atoms with Crippen LogP contribution in [0.4, 0.5) is 5.13 Å². The van der Waals surface area contributed by atoms with Crippen LogP contribution < -0.4 is 10.6 Å². The van der Waals surface area contributed by atoms with E-state index in [2.05, 4.69) is 15.6 Å². The third-order valence-electron chi connectivity index (χ3n) is 3.17. The standard InChI is InChI=1S/C14H15N3OS/c18-13(11-7-4-8-15-11)17-14-16-9-12(19-14)10-5-2-1-3-6-10/h1-3,5-6,9,11,15H,4,7-8H2,(H,16,17,18). The van der Waals surface area contributed by atoms with E-state index in [0.717, 1.165) is 29.8 Å². The number of aromatic nitrogens is 1. The number of hydrogen-bond acceptors (Lipinski definition) is 4. The molecule has 1 aromatic heterocycles. The van der Waals surface area contributed by atoms with Crippen molar-refractivity contribution in [2.24, 2.45) is 0 Å². The number of nitrogens with one attached hydrogen (secondary N) is 2. The van der Waals surface area contributed by atoms with E-state index in [-0.39, 0.29) is 11.9 Å². The first kappa shape index (κ1) is 12.3. The van der Waals surface area contributed by atoms with E-state index in [4.69, 9.17) is 0 Å². The quantitative estimate of drug-likeness (QED) is 0.903. The van der Waals surface area contributed by atoms with Gasteiger partial charge in [0.2, 0.25) is 5.91 Å². The van der Waals surface area contributed by atoms with Crippen LogP contribution >= 0.6 is 11.3 Å². The van der Waals surface area contributed by atoms with Gasteiger partial charge in [0, 0.05) is 6.20 Å². The number of hydrogen-bond donors (Lipinski definition) is 2. The Morgan fingerprint density at radius 2 is 2.21 bits per heavy atom. The molecule has 0 radical (unpaired) electrons. The molecule has 98 valence electrons. The molecule has 1 aromatic carbocycles. The second-order valence-electron chi connectivity index (χ2n) is 4.53. The van der Waals surface area contributed by atoms with E-state index >= 15 is 0 Å². The van der Waals surface area contributed by atoms with Crippen molar-refractivity contribution in [3.63, 3.8) is 0 Å². The smallest absolute Gasteiger partial charge is 0.243 e. The fraction of sp³-hybridized carbons (Fsp3) is 0.286. The molecule has 1 aliphatic rings. The zero-order valence-electron chi connectivity index (χ0n) is 10.4. The molecule has 1 amide bonds. The van der Waals surface area contributed by atoms with Gasteiger partial charge in [-0.05, 0) is 24.9 Å². The molecule has 2 aromatic rings. The summed E-state index contributed by atoms with van der Waals surface area (Å²) in [6, 6.07) is 9.99. The second-order valence-corrected chi connectivity index (χ2v) is 5.56. The molecule has 0 saturated carbocycles. The van der Waals surface area contributed by atoms with Crippen LogP contribution in [0.15, 0.2) is 36.5 Å². The van der Waals surface area contributed by atoms with E-state index in [1.807, 2.05) is 30.3 Å². The number of thiazole rings is 1. The van der Waals surface area contributed by atoms with Gasteiger partial charge in [0.25, 0.3) is 0 Å². The van der Waals surface area contributed by atoms with Crippen LogP contribution in [0.5, 0.6) is 0 Å². The maximum Gasteiger partial charge on any atom is 0.243 e. The Morgan fingerprint density at radius 3 is 2.95 bits per heavy atom. The fourth-order valence-corrected chi connectivity index (χ4v) is 2.99. The Kier molecular flexibility index (Phi) is 3.57. The first-order valence-electron chi connectivity index (χ1n) is 6.38. The van der Waals surface area contributed by atoms with Gasteiger partial charge in [-0.3, -0.25) is 4.79 Å². The topological polar surface area (TPSA) is 54.0 Å². The normalized spacial score (nSPS) is 18.4. The molecule has 3 rings (SSSR count). The Bertz CT molecular complexity index is 561. The molecular formula is C14H15N3OS. The third kappa shape index (κ3) is 2.83. The predicted molar refractivity (Wildman–Crippen MR) is 77.2 cm³/mol. The Morgan fingerprint density at radius 1 is 1.37 bits per heavy atom. The van der Waals surface area contributed by atoms with E-state index in [1.54, 1.807) is 6.20 Å². The summed E-state index contributed by atoms with van der Waals surface area (Å²) in [5, 5.41) is 6.72. The molecule has 0 spiro atoms. The van der Waals surface area contributed by atoms with E-state index < -0.39 is 0 Å². The van der Waals surface area contributed by atoms with Gasteiger partial charge < -0.3 is 10.6 Å². The van der Waals surface area contributed by atoms with Gasteiger partial charge in [-0.2, -0.15) is 0 Å². The van der Waals surface area contributed by atoms with Crippen molar-refractivity contribution < 1.29 is 4.79 Å².